The van der Waals surface area contributed by atoms with Crippen molar-refractivity contribution < 1.29 is 9.13 Å². The van der Waals surface area contributed by atoms with Crippen molar-refractivity contribution in [2.75, 3.05) is 26.7 Å². The fourth-order valence-electron chi connectivity index (χ4n) is 2.76. The van der Waals surface area contributed by atoms with Gasteiger partial charge in [-0.05, 0) is 44.5 Å². The van der Waals surface area contributed by atoms with Gasteiger partial charge < -0.3 is 10.1 Å². The summed E-state index contributed by atoms with van der Waals surface area (Å²) in [6, 6.07) is 5.42. The smallest absolute Gasteiger partial charge is 0.127 e. The number of hydrogen-bond donors (Lipinski definition) is 1. The number of hydrogen-bond acceptors (Lipinski definition) is 3. The second-order valence-corrected chi connectivity index (χ2v) is 5.93. The second-order valence-electron chi connectivity index (χ2n) is 5.93. The number of nitrogens with one attached hydrogen (secondary N) is 1. The molecule has 0 aromatic heterocycles. The fraction of sp³-hybridized carbons (Fsp3) is 0.647. The van der Waals surface area contributed by atoms with Crippen LogP contribution in [0.2, 0.25) is 0 Å². The Kier molecular flexibility index (Phi) is 6.61. The van der Waals surface area contributed by atoms with E-state index < -0.39 is 0 Å². The molecule has 1 fully saturated rings. The molecular weight excluding hydrogens is 267 g/mol. The minimum atomic E-state index is -0.117. The molecule has 4 heteroatoms. The van der Waals surface area contributed by atoms with E-state index in [1.54, 1.807) is 6.07 Å². The lowest BCUT2D eigenvalue weighted by molar-refractivity contribution is 0.0790. The molecule has 0 amide bonds. The lowest BCUT2D eigenvalue weighted by Gasteiger charge is -2.21. The van der Waals surface area contributed by atoms with E-state index in [2.05, 4.69) is 17.1 Å². The summed E-state index contributed by atoms with van der Waals surface area (Å²) in [5, 5.41) is 3.35. The minimum Gasteiger partial charge on any atom is -0.377 e. The molecular formula is C17H27FN2O. The highest BCUT2D eigenvalue weighted by Gasteiger charge is 2.18. The summed E-state index contributed by atoms with van der Waals surface area (Å²) in [6.07, 6.45) is 3.68. The Hall–Kier alpha value is -0.970. The van der Waals surface area contributed by atoms with Crippen molar-refractivity contribution in [2.45, 2.75) is 45.4 Å². The molecule has 118 valence electrons. The number of nitrogens with zero attached hydrogens (tertiary/aromatic N) is 1. The summed E-state index contributed by atoms with van der Waals surface area (Å²) >= 11 is 0. The maximum atomic E-state index is 14.0. The van der Waals surface area contributed by atoms with Gasteiger partial charge in [-0.15, -0.1) is 0 Å². The van der Waals surface area contributed by atoms with Crippen molar-refractivity contribution in [1.82, 2.24) is 10.2 Å². The summed E-state index contributed by atoms with van der Waals surface area (Å²) in [5.41, 5.74) is 1.91. The maximum absolute atomic E-state index is 14.0. The van der Waals surface area contributed by atoms with Crippen molar-refractivity contribution in [1.29, 1.82) is 0 Å². The van der Waals surface area contributed by atoms with E-state index in [9.17, 15) is 4.39 Å². The monoisotopic (exact) mass is 294 g/mol. The first-order chi connectivity index (χ1) is 10.2. The molecule has 1 N–H and O–H groups in total. The Morgan fingerprint density at radius 1 is 1.43 bits per heavy atom. The predicted octanol–water partition coefficient (Wildman–Crippen LogP) is 2.94. The summed E-state index contributed by atoms with van der Waals surface area (Å²) in [6.45, 7) is 6.31. The van der Waals surface area contributed by atoms with Crippen LogP contribution >= 0.6 is 0 Å². The summed E-state index contributed by atoms with van der Waals surface area (Å²) in [7, 11) is 2.03. The van der Waals surface area contributed by atoms with Crippen LogP contribution in [-0.4, -0.2) is 37.7 Å². The van der Waals surface area contributed by atoms with Gasteiger partial charge >= 0.3 is 0 Å². The van der Waals surface area contributed by atoms with Crippen LogP contribution in [0, 0.1) is 5.82 Å². The van der Waals surface area contributed by atoms with Crippen molar-refractivity contribution in [3.63, 3.8) is 0 Å². The van der Waals surface area contributed by atoms with Crippen LogP contribution in [-0.2, 0) is 17.8 Å². The predicted molar refractivity (Wildman–Crippen MR) is 83.7 cm³/mol. The minimum absolute atomic E-state index is 0.117. The zero-order chi connectivity index (χ0) is 15.1. The molecule has 1 aromatic carbocycles. The molecule has 0 bridgehead atoms. The van der Waals surface area contributed by atoms with Crippen molar-refractivity contribution in [3.05, 3.63) is 35.1 Å². The molecule has 0 saturated carbocycles. The maximum Gasteiger partial charge on any atom is 0.127 e. The Morgan fingerprint density at radius 2 is 2.29 bits per heavy atom. The molecule has 0 radical (unpaired) electrons. The Morgan fingerprint density at radius 3 is 3.00 bits per heavy atom. The molecule has 0 spiro atoms. The molecule has 0 aliphatic carbocycles. The van der Waals surface area contributed by atoms with Crippen LogP contribution in [0.3, 0.4) is 0 Å². The zero-order valence-corrected chi connectivity index (χ0v) is 13.2. The largest absolute Gasteiger partial charge is 0.377 e. The van der Waals surface area contributed by atoms with Gasteiger partial charge in [-0.2, -0.15) is 0 Å². The lowest BCUT2D eigenvalue weighted by Crippen LogP contribution is -2.28. The molecule has 1 aliphatic rings. The number of rotatable bonds is 8. The second kappa shape index (κ2) is 8.47. The highest BCUT2D eigenvalue weighted by Crippen LogP contribution is 2.16. The molecule has 1 heterocycles. The first kappa shape index (κ1) is 16.4. The number of likely N-dealkylation sites (N-methyl/N-ethyl adjacent to an activating group) is 1. The van der Waals surface area contributed by atoms with E-state index in [0.717, 1.165) is 56.6 Å². The molecule has 1 aromatic rings. The third kappa shape index (κ3) is 5.38. The number of halogens is 1. The summed E-state index contributed by atoms with van der Waals surface area (Å²) < 4.78 is 19.6. The summed E-state index contributed by atoms with van der Waals surface area (Å²) in [5.74, 6) is -0.117. The highest BCUT2D eigenvalue weighted by atomic mass is 19.1. The molecule has 1 atom stereocenters. The number of benzene rings is 1. The Bertz CT molecular complexity index is 433. The van der Waals surface area contributed by atoms with Gasteiger partial charge in [0.2, 0.25) is 0 Å². The molecule has 21 heavy (non-hydrogen) atoms. The van der Waals surface area contributed by atoms with Gasteiger partial charge in [0, 0.05) is 31.8 Å². The van der Waals surface area contributed by atoms with Gasteiger partial charge in [-0.25, -0.2) is 4.39 Å². The van der Waals surface area contributed by atoms with E-state index in [4.69, 9.17) is 4.74 Å². The Labute approximate surface area is 127 Å². The molecule has 1 saturated heterocycles. The van der Waals surface area contributed by atoms with Gasteiger partial charge in [0.15, 0.2) is 0 Å². The average molecular weight is 294 g/mol. The zero-order valence-electron chi connectivity index (χ0n) is 13.2. The van der Waals surface area contributed by atoms with Crippen LogP contribution < -0.4 is 5.32 Å². The third-order valence-electron chi connectivity index (χ3n) is 3.85. The van der Waals surface area contributed by atoms with Gasteiger partial charge in [-0.3, -0.25) is 4.90 Å². The van der Waals surface area contributed by atoms with Gasteiger partial charge in [-0.1, -0.05) is 19.1 Å². The van der Waals surface area contributed by atoms with E-state index in [0.29, 0.717) is 12.6 Å². The fourth-order valence-corrected chi connectivity index (χ4v) is 2.76. The van der Waals surface area contributed by atoms with E-state index in [-0.39, 0.29) is 5.82 Å². The van der Waals surface area contributed by atoms with Crippen LogP contribution in [0.5, 0.6) is 0 Å². The van der Waals surface area contributed by atoms with Crippen LogP contribution in [0.4, 0.5) is 4.39 Å². The normalized spacial score (nSPS) is 18.6. The van der Waals surface area contributed by atoms with E-state index in [1.807, 2.05) is 19.2 Å². The molecule has 1 aliphatic heterocycles. The van der Waals surface area contributed by atoms with Gasteiger partial charge in [0.1, 0.15) is 5.82 Å². The number of ether oxygens (including phenoxy) is 1. The van der Waals surface area contributed by atoms with E-state index >= 15 is 0 Å². The highest BCUT2D eigenvalue weighted by molar-refractivity contribution is 5.25. The third-order valence-corrected chi connectivity index (χ3v) is 3.85. The molecule has 2 rings (SSSR count). The first-order valence-corrected chi connectivity index (χ1v) is 7.97. The Balaban J connectivity index is 1.89. The SMILES string of the molecule is CCCNCc1ccc(F)c(CN(C)CC2CCCO2)c1. The van der Waals surface area contributed by atoms with Crippen LogP contribution in [0.1, 0.15) is 37.3 Å². The topological polar surface area (TPSA) is 24.5 Å². The van der Waals surface area contributed by atoms with Crippen LogP contribution in [0.15, 0.2) is 18.2 Å². The van der Waals surface area contributed by atoms with E-state index in [1.165, 1.54) is 0 Å². The molecule has 3 nitrogen and oxygen atoms in total. The average Bonchev–Trinajstić information content (AvgIpc) is 2.95. The van der Waals surface area contributed by atoms with Crippen LogP contribution in [0.25, 0.3) is 0 Å². The van der Waals surface area contributed by atoms with Gasteiger partial charge in [0.05, 0.1) is 6.10 Å². The lowest BCUT2D eigenvalue weighted by atomic mass is 10.1. The van der Waals surface area contributed by atoms with Crippen molar-refractivity contribution in [3.8, 4) is 0 Å². The quantitative estimate of drug-likeness (QED) is 0.746. The van der Waals surface area contributed by atoms with Crippen molar-refractivity contribution in [2.24, 2.45) is 0 Å². The van der Waals surface area contributed by atoms with Crippen molar-refractivity contribution >= 4 is 0 Å². The van der Waals surface area contributed by atoms with Gasteiger partial charge in [0.25, 0.3) is 0 Å². The standard InChI is InChI=1S/C17H27FN2O/c1-3-8-19-11-14-6-7-17(18)15(10-14)12-20(2)13-16-5-4-9-21-16/h6-7,10,16,19H,3-5,8-9,11-13H2,1-2H3. The first-order valence-electron chi connectivity index (χ1n) is 7.97. The molecule has 1 unspecified atom stereocenters. The summed E-state index contributed by atoms with van der Waals surface area (Å²) in [4.78, 5) is 2.15.